The highest BCUT2D eigenvalue weighted by atomic mass is 79.9. The molecule has 0 radical (unpaired) electrons. The minimum atomic E-state index is -0.543. The van der Waals surface area contributed by atoms with Crippen LogP contribution in [0.5, 0.6) is 0 Å². The van der Waals surface area contributed by atoms with Crippen LogP contribution < -0.4 is 0 Å². The monoisotopic (exact) mass is 246 g/mol. The van der Waals surface area contributed by atoms with Crippen LogP contribution in [0.3, 0.4) is 0 Å². The maximum Gasteiger partial charge on any atom is 0.129 e. The third-order valence-electron chi connectivity index (χ3n) is 1.68. The lowest BCUT2D eigenvalue weighted by Crippen LogP contribution is -1.91. The van der Waals surface area contributed by atoms with Gasteiger partial charge in [-0.2, -0.15) is 0 Å². The van der Waals surface area contributed by atoms with Crippen molar-refractivity contribution in [3.8, 4) is 0 Å². The first-order valence-electron chi connectivity index (χ1n) is 3.87. The molecule has 0 atom stereocenters. The fourth-order valence-electron chi connectivity index (χ4n) is 0.995. The van der Waals surface area contributed by atoms with E-state index >= 15 is 0 Å². The van der Waals surface area contributed by atoms with Crippen LogP contribution in [-0.2, 0) is 6.42 Å². The number of allylic oxidation sites excluding steroid dienone is 1. The highest BCUT2D eigenvalue weighted by molar-refractivity contribution is 9.11. The number of hydrogen-bond acceptors (Lipinski definition) is 0. The van der Waals surface area contributed by atoms with E-state index in [1.165, 1.54) is 12.1 Å². The zero-order valence-electron chi connectivity index (χ0n) is 6.99. The van der Waals surface area contributed by atoms with E-state index < -0.39 is 11.6 Å². The van der Waals surface area contributed by atoms with Gasteiger partial charge in [-0.15, -0.1) is 0 Å². The maximum absolute atomic E-state index is 13.0. The molecule has 0 unspecified atom stereocenters. The molecule has 0 N–H and O–H groups in total. The number of aryl methyl sites for hydroxylation is 1. The average molecular weight is 247 g/mol. The first-order chi connectivity index (χ1) is 6.09. The van der Waals surface area contributed by atoms with Crippen molar-refractivity contribution in [3.05, 3.63) is 46.5 Å². The molecular weight excluding hydrogens is 238 g/mol. The molecule has 0 fully saturated rings. The lowest BCUT2D eigenvalue weighted by molar-refractivity contribution is 0.572. The van der Waals surface area contributed by atoms with Gasteiger partial charge in [-0.1, -0.05) is 28.6 Å². The van der Waals surface area contributed by atoms with Crippen LogP contribution in [0.2, 0.25) is 0 Å². The summed E-state index contributed by atoms with van der Waals surface area (Å²) < 4.78 is 26.3. The van der Waals surface area contributed by atoms with Crippen LogP contribution in [0.4, 0.5) is 8.78 Å². The summed E-state index contributed by atoms with van der Waals surface area (Å²) in [5.41, 5.74) is 0.516. The number of halogens is 3. The summed E-state index contributed by atoms with van der Waals surface area (Å²) in [6.07, 6.45) is 1.19. The SMILES string of the molecule is C=C(Br)CCc1ccc(F)cc1F. The lowest BCUT2D eigenvalue weighted by atomic mass is 10.1. The zero-order chi connectivity index (χ0) is 9.84. The second-order valence-electron chi connectivity index (χ2n) is 2.75. The normalized spacial score (nSPS) is 10.1. The Morgan fingerprint density at radius 1 is 1.38 bits per heavy atom. The molecule has 1 rings (SSSR count). The molecule has 0 aromatic heterocycles. The van der Waals surface area contributed by atoms with Gasteiger partial charge >= 0.3 is 0 Å². The standard InChI is InChI=1S/C10H9BrF2/c1-7(11)2-3-8-4-5-9(12)6-10(8)13/h4-6H,1-3H2. The molecule has 0 saturated heterocycles. The average Bonchev–Trinajstić information content (AvgIpc) is 2.02. The summed E-state index contributed by atoms with van der Waals surface area (Å²) in [4.78, 5) is 0. The summed E-state index contributed by atoms with van der Waals surface area (Å²) in [7, 11) is 0. The fraction of sp³-hybridized carbons (Fsp3) is 0.200. The largest absolute Gasteiger partial charge is 0.207 e. The van der Waals surface area contributed by atoms with Crippen LogP contribution in [-0.4, -0.2) is 0 Å². The van der Waals surface area contributed by atoms with Gasteiger partial charge in [-0.05, 0) is 29.0 Å². The Bertz CT molecular complexity index is 321. The van der Waals surface area contributed by atoms with E-state index in [9.17, 15) is 8.78 Å². The molecule has 0 aliphatic heterocycles. The minimum Gasteiger partial charge on any atom is -0.207 e. The van der Waals surface area contributed by atoms with Gasteiger partial charge in [0, 0.05) is 6.07 Å². The third-order valence-corrected chi connectivity index (χ3v) is 2.08. The second-order valence-corrected chi connectivity index (χ2v) is 3.87. The van der Waals surface area contributed by atoms with E-state index in [1.807, 2.05) is 0 Å². The van der Waals surface area contributed by atoms with E-state index in [0.717, 1.165) is 10.5 Å². The molecule has 0 bridgehead atoms. The second kappa shape index (κ2) is 4.51. The summed E-state index contributed by atoms with van der Waals surface area (Å²) in [6.45, 7) is 3.64. The maximum atomic E-state index is 13.0. The van der Waals surface area contributed by atoms with Crippen molar-refractivity contribution in [3.63, 3.8) is 0 Å². The Labute approximate surface area is 84.4 Å². The Morgan fingerprint density at radius 3 is 2.62 bits per heavy atom. The van der Waals surface area contributed by atoms with Crippen LogP contribution in [0.25, 0.3) is 0 Å². The fourth-order valence-corrected chi connectivity index (χ4v) is 1.19. The highest BCUT2D eigenvalue weighted by Gasteiger charge is 2.03. The van der Waals surface area contributed by atoms with E-state index in [2.05, 4.69) is 22.5 Å². The smallest absolute Gasteiger partial charge is 0.129 e. The van der Waals surface area contributed by atoms with Gasteiger partial charge in [-0.3, -0.25) is 0 Å². The molecular formula is C10H9BrF2. The van der Waals surface area contributed by atoms with Crippen LogP contribution >= 0.6 is 15.9 Å². The van der Waals surface area contributed by atoms with E-state index in [0.29, 0.717) is 18.4 Å². The lowest BCUT2D eigenvalue weighted by Gasteiger charge is -2.01. The molecule has 0 saturated carbocycles. The van der Waals surface area contributed by atoms with Gasteiger partial charge < -0.3 is 0 Å². The van der Waals surface area contributed by atoms with Gasteiger partial charge in [-0.25, -0.2) is 8.78 Å². The van der Waals surface area contributed by atoms with E-state index in [-0.39, 0.29) is 0 Å². The zero-order valence-corrected chi connectivity index (χ0v) is 8.57. The molecule has 13 heavy (non-hydrogen) atoms. The molecule has 3 heteroatoms. The van der Waals surface area contributed by atoms with Crippen molar-refractivity contribution in [1.29, 1.82) is 0 Å². The molecule has 1 aromatic rings. The van der Waals surface area contributed by atoms with Crippen LogP contribution in [0.1, 0.15) is 12.0 Å². The minimum absolute atomic E-state index is 0.492. The van der Waals surface area contributed by atoms with Crippen molar-refractivity contribution in [1.82, 2.24) is 0 Å². The summed E-state index contributed by atoms with van der Waals surface area (Å²) >= 11 is 3.18. The van der Waals surface area contributed by atoms with Crippen molar-refractivity contribution in [2.24, 2.45) is 0 Å². The Hall–Kier alpha value is -0.700. The first kappa shape index (κ1) is 10.4. The molecule has 1 aromatic carbocycles. The molecule has 0 aliphatic rings. The molecule has 0 nitrogen and oxygen atoms in total. The molecule has 0 heterocycles. The highest BCUT2D eigenvalue weighted by Crippen LogP contribution is 2.15. The Morgan fingerprint density at radius 2 is 2.08 bits per heavy atom. The predicted octanol–water partition coefficient (Wildman–Crippen LogP) is 3.81. The van der Waals surface area contributed by atoms with Crippen molar-refractivity contribution >= 4 is 15.9 Å². The predicted molar refractivity (Wildman–Crippen MR) is 52.7 cm³/mol. The molecule has 0 spiro atoms. The first-order valence-corrected chi connectivity index (χ1v) is 4.66. The summed E-state index contributed by atoms with van der Waals surface area (Å²) in [5.74, 6) is -1.03. The van der Waals surface area contributed by atoms with Crippen molar-refractivity contribution < 1.29 is 8.78 Å². The molecule has 70 valence electrons. The van der Waals surface area contributed by atoms with Crippen molar-refractivity contribution in [2.75, 3.05) is 0 Å². The van der Waals surface area contributed by atoms with Crippen LogP contribution in [0.15, 0.2) is 29.3 Å². The third kappa shape index (κ3) is 3.27. The Balaban J connectivity index is 2.72. The number of hydrogen-bond donors (Lipinski definition) is 0. The van der Waals surface area contributed by atoms with Crippen LogP contribution in [0, 0.1) is 11.6 Å². The summed E-state index contributed by atoms with van der Waals surface area (Å²) in [5, 5.41) is 0. The molecule has 0 amide bonds. The van der Waals surface area contributed by atoms with Gasteiger partial charge in [0.05, 0.1) is 0 Å². The summed E-state index contributed by atoms with van der Waals surface area (Å²) in [6, 6.07) is 3.61. The number of benzene rings is 1. The quantitative estimate of drug-likeness (QED) is 0.761. The van der Waals surface area contributed by atoms with E-state index in [4.69, 9.17) is 0 Å². The van der Waals surface area contributed by atoms with Gasteiger partial charge in [0.1, 0.15) is 11.6 Å². The number of rotatable bonds is 3. The Kier molecular flexibility index (Phi) is 3.60. The topological polar surface area (TPSA) is 0 Å². The van der Waals surface area contributed by atoms with Gasteiger partial charge in [0.2, 0.25) is 0 Å². The molecule has 0 aliphatic carbocycles. The van der Waals surface area contributed by atoms with Gasteiger partial charge in [0.15, 0.2) is 0 Å². The van der Waals surface area contributed by atoms with Gasteiger partial charge in [0.25, 0.3) is 0 Å². The van der Waals surface area contributed by atoms with E-state index in [1.54, 1.807) is 0 Å². The van der Waals surface area contributed by atoms with Crippen molar-refractivity contribution in [2.45, 2.75) is 12.8 Å².